The molecule has 3 aromatic rings. The van der Waals surface area contributed by atoms with Crippen molar-refractivity contribution in [1.82, 2.24) is 14.7 Å². The van der Waals surface area contributed by atoms with E-state index in [0.29, 0.717) is 27.1 Å². The SMILES string of the molecule is Cc1sc(N(CCC2=CCCCC2)Cc2ccc(Cl)cc2)nc1C(=O)NS(=O)(=O)Cc1cccnc1. The Labute approximate surface area is 221 Å². The van der Waals surface area contributed by atoms with E-state index >= 15 is 0 Å². The van der Waals surface area contributed by atoms with Gasteiger partial charge in [-0.15, -0.1) is 11.3 Å². The van der Waals surface area contributed by atoms with Gasteiger partial charge in [0, 0.05) is 35.4 Å². The fourth-order valence-electron chi connectivity index (χ4n) is 4.12. The molecule has 0 atom stereocenters. The van der Waals surface area contributed by atoms with Crippen LogP contribution in [0.1, 0.15) is 58.6 Å². The Morgan fingerprint density at radius 1 is 1.17 bits per heavy atom. The van der Waals surface area contributed by atoms with Gasteiger partial charge < -0.3 is 4.90 Å². The number of amides is 1. The number of sulfonamides is 1. The molecule has 0 unspecified atom stereocenters. The Morgan fingerprint density at radius 3 is 2.67 bits per heavy atom. The third kappa shape index (κ3) is 7.38. The molecule has 0 aliphatic heterocycles. The number of carbonyl (C=O) groups is 1. The fourth-order valence-corrected chi connectivity index (χ4v) is 6.24. The lowest BCUT2D eigenvalue weighted by Crippen LogP contribution is -2.32. The Balaban J connectivity index is 1.51. The number of aromatic nitrogens is 2. The van der Waals surface area contributed by atoms with Crippen LogP contribution < -0.4 is 9.62 Å². The van der Waals surface area contributed by atoms with E-state index in [9.17, 15) is 13.2 Å². The first-order valence-corrected chi connectivity index (χ1v) is 14.7. The van der Waals surface area contributed by atoms with Gasteiger partial charge in [-0.3, -0.25) is 9.78 Å². The molecule has 0 bridgehead atoms. The van der Waals surface area contributed by atoms with Crippen LogP contribution in [0.2, 0.25) is 5.02 Å². The molecule has 2 aromatic heterocycles. The van der Waals surface area contributed by atoms with E-state index in [4.69, 9.17) is 11.6 Å². The van der Waals surface area contributed by atoms with Gasteiger partial charge in [0.1, 0.15) is 5.69 Å². The lowest BCUT2D eigenvalue weighted by atomic mass is 9.97. The maximum Gasteiger partial charge on any atom is 0.284 e. The second-order valence-corrected chi connectivity index (χ2v) is 12.2. The highest BCUT2D eigenvalue weighted by Crippen LogP contribution is 2.29. The molecule has 1 N–H and O–H groups in total. The van der Waals surface area contributed by atoms with Crippen molar-refractivity contribution < 1.29 is 13.2 Å². The predicted octanol–water partition coefficient (Wildman–Crippen LogP) is 5.66. The minimum atomic E-state index is -3.90. The highest BCUT2D eigenvalue weighted by atomic mass is 35.5. The first kappa shape index (κ1) is 26.3. The zero-order valence-corrected chi connectivity index (χ0v) is 22.5. The zero-order valence-electron chi connectivity index (χ0n) is 20.1. The van der Waals surface area contributed by atoms with Gasteiger partial charge in [-0.05, 0) is 68.4 Å². The third-order valence-electron chi connectivity index (χ3n) is 5.97. The predicted molar refractivity (Wildman–Crippen MR) is 145 cm³/mol. The van der Waals surface area contributed by atoms with Gasteiger partial charge in [0.15, 0.2) is 5.13 Å². The van der Waals surface area contributed by atoms with Gasteiger partial charge in [0.25, 0.3) is 5.91 Å². The summed E-state index contributed by atoms with van der Waals surface area (Å²) in [5.74, 6) is -1.05. The number of carbonyl (C=O) groups excluding carboxylic acids is 1. The summed E-state index contributed by atoms with van der Waals surface area (Å²) in [5.41, 5.74) is 3.16. The van der Waals surface area contributed by atoms with Crippen molar-refractivity contribution in [2.45, 2.75) is 51.3 Å². The summed E-state index contributed by atoms with van der Waals surface area (Å²) in [6.45, 7) is 3.15. The number of thiazole rings is 1. The molecule has 36 heavy (non-hydrogen) atoms. The van der Waals surface area contributed by atoms with Crippen molar-refractivity contribution in [2.75, 3.05) is 11.4 Å². The molecule has 0 radical (unpaired) electrons. The lowest BCUT2D eigenvalue weighted by molar-refractivity contribution is 0.0976. The van der Waals surface area contributed by atoms with E-state index in [1.54, 1.807) is 25.3 Å². The summed E-state index contributed by atoms with van der Waals surface area (Å²) in [4.78, 5) is 24.2. The highest BCUT2D eigenvalue weighted by molar-refractivity contribution is 7.89. The molecule has 190 valence electrons. The normalized spacial score (nSPS) is 13.8. The summed E-state index contributed by atoms with van der Waals surface area (Å²) < 4.78 is 27.3. The molecule has 0 fully saturated rings. The van der Waals surface area contributed by atoms with Crippen LogP contribution in [0.3, 0.4) is 0 Å². The van der Waals surface area contributed by atoms with Gasteiger partial charge in [0.2, 0.25) is 10.0 Å². The second-order valence-electron chi connectivity index (χ2n) is 8.86. The van der Waals surface area contributed by atoms with Crippen LogP contribution in [-0.2, 0) is 22.3 Å². The number of hydrogen-bond donors (Lipinski definition) is 1. The Hall–Kier alpha value is -2.75. The highest BCUT2D eigenvalue weighted by Gasteiger charge is 2.23. The Kier molecular flexibility index (Phi) is 8.77. The minimum Gasteiger partial charge on any atom is -0.343 e. The van der Waals surface area contributed by atoms with E-state index in [1.165, 1.54) is 35.9 Å². The summed E-state index contributed by atoms with van der Waals surface area (Å²) in [7, 11) is -3.90. The molecule has 1 aliphatic rings. The largest absolute Gasteiger partial charge is 0.343 e. The first-order chi connectivity index (χ1) is 17.3. The van der Waals surface area contributed by atoms with Crippen LogP contribution >= 0.6 is 22.9 Å². The van der Waals surface area contributed by atoms with Crippen LogP contribution in [0.4, 0.5) is 5.13 Å². The molecule has 4 rings (SSSR count). The molecule has 1 amide bonds. The second kappa shape index (κ2) is 12.0. The first-order valence-electron chi connectivity index (χ1n) is 11.9. The standard InChI is InChI=1S/C26H29ClN4O3S2/c1-19-24(25(32)30-36(33,34)18-22-8-5-14-28-16-22)29-26(35-19)31(15-13-20-6-3-2-4-7-20)17-21-9-11-23(27)12-10-21/h5-6,8-12,14,16H,2-4,7,13,15,17-18H2,1H3,(H,30,32). The van der Waals surface area contributed by atoms with Crippen molar-refractivity contribution >= 4 is 44.0 Å². The molecule has 0 saturated heterocycles. The Bertz CT molecular complexity index is 1320. The van der Waals surface area contributed by atoms with E-state index in [2.05, 4.69) is 25.7 Å². The average Bonchev–Trinajstić information content (AvgIpc) is 3.25. The Morgan fingerprint density at radius 2 is 1.97 bits per heavy atom. The molecule has 1 aromatic carbocycles. The van der Waals surface area contributed by atoms with Crippen molar-refractivity contribution in [3.63, 3.8) is 0 Å². The quantitative estimate of drug-likeness (QED) is 0.331. The van der Waals surface area contributed by atoms with Crippen molar-refractivity contribution in [2.24, 2.45) is 0 Å². The van der Waals surface area contributed by atoms with Crippen LogP contribution in [0.25, 0.3) is 0 Å². The van der Waals surface area contributed by atoms with Gasteiger partial charge in [0.05, 0.1) is 5.75 Å². The topological polar surface area (TPSA) is 92.3 Å². The van der Waals surface area contributed by atoms with Crippen molar-refractivity contribution in [3.05, 3.63) is 87.2 Å². The van der Waals surface area contributed by atoms with Crippen LogP contribution in [0.5, 0.6) is 0 Å². The van der Waals surface area contributed by atoms with E-state index in [-0.39, 0.29) is 11.4 Å². The van der Waals surface area contributed by atoms with Crippen LogP contribution in [-0.4, -0.2) is 30.8 Å². The summed E-state index contributed by atoms with van der Waals surface area (Å²) in [6, 6.07) is 11.0. The zero-order chi connectivity index (χ0) is 25.5. The van der Waals surface area contributed by atoms with Gasteiger partial charge >= 0.3 is 0 Å². The lowest BCUT2D eigenvalue weighted by Gasteiger charge is -2.23. The molecular weight excluding hydrogens is 516 g/mol. The number of allylic oxidation sites excluding steroid dienone is 1. The third-order valence-corrected chi connectivity index (χ3v) is 8.47. The van der Waals surface area contributed by atoms with Gasteiger partial charge in [-0.1, -0.05) is 41.4 Å². The van der Waals surface area contributed by atoms with Gasteiger partial charge in [-0.2, -0.15) is 0 Å². The molecule has 0 spiro atoms. The van der Waals surface area contributed by atoms with Crippen molar-refractivity contribution in [3.8, 4) is 0 Å². The number of benzene rings is 1. The summed E-state index contributed by atoms with van der Waals surface area (Å²) in [5, 5.41) is 1.36. The fraction of sp³-hybridized carbons (Fsp3) is 0.346. The number of aryl methyl sites for hydroxylation is 1. The number of pyridine rings is 1. The van der Waals surface area contributed by atoms with Gasteiger partial charge in [-0.25, -0.2) is 18.1 Å². The van der Waals surface area contributed by atoms with E-state index < -0.39 is 15.9 Å². The monoisotopic (exact) mass is 544 g/mol. The van der Waals surface area contributed by atoms with Crippen molar-refractivity contribution in [1.29, 1.82) is 0 Å². The van der Waals surface area contributed by atoms with E-state index in [0.717, 1.165) is 31.4 Å². The maximum atomic E-state index is 12.9. The van der Waals surface area contributed by atoms with Crippen LogP contribution in [0.15, 0.2) is 60.4 Å². The molecule has 7 nitrogen and oxygen atoms in total. The number of nitrogens with zero attached hydrogens (tertiary/aromatic N) is 3. The smallest absolute Gasteiger partial charge is 0.284 e. The molecule has 10 heteroatoms. The van der Waals surface area contributed by atoms with Crippen LogP contribution in [0, 0.1) is 6.92 Å². The number of nitrogens with one attached hydrogen (secondary N) is 1. The summed E-state index contributed by atoms with van der Waals surface area (Å²) in [6.07, 6.45) is 11.0. The number of halogens is 1. The minimum absolute atomic E-state index is 0.128. The maximum absolute atomic E-state index is 12.9. The average molecular weight is 545 g/mol. The number of anilines is 1. The molecular formula is C26H29ClN4O3S2. The number of rotatable bonds is 10. The molecule has 1 aliphatic carbocycles. The van der Waals surface area contributed by atoms with E-state index in [1.807, 2.05) is 24.3 Å². The number of hydrogen-bond acceptors (Lipinski definition) is 7. The molecule has 0 saturated carbocycles. The summed E-state index contributed by atoms with van der Waals surface area (Å²) >= 11 is 7.46. The molecule has 2 heterocycles.